The molecule has 0 atom stereocenters. The largest absolute Gasteiger partial charge is 0.352 e. The summed E-state index contributed by atoms with van der Waals surface area (Å²) in [5, 5.41) is 0. The van der Waals surface area contributed by atoms with E-state index >= 15 is 0 Å². The highest BCUT2D eigenvalue weighted by Crippen LogP contribution is 2.42. The fourth-order valence-corrected chi connectivity index (χ4v) is 4.70. The number of hydrogen-bond donors (Lipinski definition) is 0. The van der Waals surface area contributed by atoms with Crippen molar-refractivity contribution in [1.82, 2.24) is 0 Å². The number of hydrogen-bond acceptors (Lipinski definition) is 2. The maximum Gasteiger partial charge on any atom is 0.332 e. The van der Waals surface area contributed by atoms with Crippen molar-refractivity contribution in [3.8, 4) is 0 Å². The van der Waals surface area contributed by atoms with Crippen molar-refractivity contribution >= 4 is 15.9 Å². The molecule has 3 rings (SSSR count). The van der Waals surface area contributed by atoms with Gasteiger partial charge in [-0.15, -0.1) is 0 Å². The molecular weight excluding hydrogens is 459 g/mol. The van der Waals surface area contributed by atoms with Crippen LogP contribution < -0.4 is 0 Å². The van der Waals surface area contributed by atoms with Crippen LogP contribution in [0.1, 0.15) is 62.0 Å². The zero-order valence-electron chi connectivity index (χ0n) is 16.1. The quantitative estimate of drug-likeness (QED) is 0.312. The Balaban J connectivity index is 1.46. The van der Waals surface area contributed by atoms with Crippen molar-refractivity contribution < 1.29 is 31.4 Å². The predicted molar refractivity (Wildman–Crippen MR) is 103 cm³/mol. The van der Waals surface area contributed by atoms with Crippen molar-refractivity contribution in [2.45, 2.75) is 62.0 Å². The van der Waals surface area contributed by atoms with E-state index in [2.05, 4.69) is 0 Å². The lowest BCUT2D eigenvalue weighted by atomic mass is 9.77. The molecule has 0 aromatic heterocycles. The molecule has 1 aromatic rings. The van der Waals surface area contributed by atoms with Gasteiger partial charge in [-0.05, 0) is 90.4 Å². The number of benzene rings is 1. The number of halogens is 6. The fraction of sp³-hybridized carbons (Fsp3) is 0.714. The van der Waals surface area contributed by atoms with Crippen LogP contribution in [0.4, 0.5) is 22.0 Å². The first kappa shape index (κ1) is 22.9. The van der Waals surface area contributed by atoms with Crippen LogP contribution >= 0.6 is 15.9 Å². The summed E-state index contributed by atoms with van der Waals surface area (Å²) >= 11 is 2.03. The first-order chi connectivity index (χ1) is 13.8. The van der Waals surface area contributed by atoms with E-state index in [0.29, 0.717) is 31.1 Å². The van der Waals surface area contributed by atoms with Crippen LogP contribution in [-0.2, 0) is 14.3 Å². The molecule has 1 saturated heterocycles. The summed E-state index contributed by atoms with van der Waals surface area (Å²) in [6.45, 7) is 0.699. The molecule has 2 fully saturated rings. The third-order valence-corrected chi connectivity index (χ3v) is 6.43. The minimum Gasteiger partial charge on any atom is -0.352 e. The second-order valence-electron chi connectivity index (χ2n) is 8.09. The standard InChI is InChI=1S/C21H26BrF5O2/c22-21(26,27)20-17(24)9-16(10-18(20)25)15-4-1-13(2-5-15)3-6-19-28-11-14(7-8-23)12-29-19/h9-10,13-15,19H,1-8,11-12H2. The molecule has 0 amide bonds. The van der Waals surface area contributed by atoms with E-state index in [9.17, 15) is 22.0 Å². The van der Waals surface area contributed by atoms with Gasteiger partial charge >= 0.3 is 4.83 Å². The Hall–Kier alpha value is -0.730. The second kappa shape index (κ2) is 10.1. The fourth-order valence-electron chi connectivity index (χ4n) is 4.33. The predicted octanol–water partition coefficient (Wildman–Crippen LogP) is 6.81. The van der Waals surface area contributed by atoms with Crippen molar-refractivity contribution in [3.05, 3.63) is 34.9 Å². The average Bonchev–Trinajstić information content (AvgIpc) is 2.66. The molecule has 29 heavy (non-hydrogen) atoms. The highest BCUT2D eigenvalue weighted by molar-refractivity contribution is 9.09. The van der Waals surface area contributed by atoms with Crippen LogP contribution in [0.3, 0.4) is 0 Å². The summed E-state index contributed by atoms with van der Waals surface area (Å²) in [5.74, 6) is -1.87. The van der Waals surface area contributed by atoms with Crippen LogP contribution in [0.25, 0.3) is 0 Å². The molecule has 1 aromatic carbocycles. The lowest BCUT2D eigenvalue weighted by molar-refractivity contribution is -0.205. The molecule has 2 aliphatic rings. The van der Waals surface area contributed by atoms with Gasteiger partial charge in [0.1, 0.15) is 17.2 Å². The Morgan fingerprint density at radius 3 is 2.00 bits per heavy atom. The van der Waals surface area contributed by atoms with E-state index in [1.165, 1.54) is 0 Å². The van der Waals surface area contributed by atoms with E-state index in [4.69, 9.17) is 9.47 Å². The normalized spacial score (nSPS) is 28.5. The Kier molecular flexibility index (Phi) is 7.95. The molecule has 1 aliphatic carbocycles. The lowest BCUT2D eigenvalue weighted by Gasteiger charge is -2.32. The summed E-state index contributed by atoms with van der Waals surface area (Å²) in [4.78, 5) is -3.73. The Bertz CT molecular complexity index is 643. The lowest BCUT2D eigenvalue weighted by Crippen LogP contribution is -2.32. The highest BCUT2D eigenvalue weighted by atomic mass is 79.9. The molecule has 2 nitrogen and oxygen atoms in total. The molecule has 0 unspecified atom stereocenters. The summed E-state index contributed by atoms with van der Waals surface area (Å²) in [7, 11) is 0. The van der Waals surface area contributed by atoms with Crippen LogP contribution in [0.15, 0.2) is 12.1 Å². The molecule has 0 N–H and O–H groups in total. The van der Waals surface area contributed by atoms with Crippen LogP contribution in [0.2, 0.25) is 0 Å². The SMILES string of the molecule is FCCC1COC(CCC2CCC(c3cc(F)c(C(F)(F)Br)c(F)c3)CC2)OC1. The molecule has 0 bridgehead atoms. The second-order valence-corrected chi connectivity index (χ2v) is 9.09. The maximum atomic E-state index is 14.0. The maximum absolute atomic E-state index is 14.0. The molecule has 0 spiro atoms. The van der Waals surface area contributed by atoms with E-state index in [0.717, 1.165) is 50.7 Å². The average molecular weight is 485 g/mol. The van der Waals surface area contributed by atoms with E-state index in [-0.39, 0.29) is 24.8 Å². The van der Waals surface area contributed by atoms with Crippen molar-refractivity contribution in [3.63, 3.8) is 0 Å². The molecule has 0 radical (unpaired) electrons. The highest BCUT2D eigenvalue weighted by Gasteiger charge is 2.35. The summed E-state index contributed by atoms with van der Waals surface area (Å²) in [6, 6.07) is 2.08. The molecular formula is C21H26BrF5O2. The first-order valence-electron chi connectivity index (χ1n) is 10.1. The first-order valence-corrected chi connectivity index (χ1v) is 10.9. The van der Waals surface area contributed by atoms with Crippen LogP contribution in [0.5, 0.6) is 0 Å². The molecule has 164 valence electrons. The van der Waals surface area contributed by atoms with Gasteiger partial charge in [0.05, 0.1) is 19.9 Å². The van der Waals surface area contributed by atoms with E-state index < -0.39 is 22.0 Å². The van der Waals surface area contributed by atoms with E-state index in [1.54, 1.807) is 0 Å². The number of ether oxygens (including phenoxy) is 2. The smallest absolute Gasteiger partial charge is 0.332 e. The van der Waals surface area contributed by atoms with E-state index in [1.807, 2.05) is 15.9 Å². The van der Waals surface area contributed by atoms with Crippen molar-refractivity contribution in [2.24, 2.45) is 11.8 Å². The Morgan fingerprint density at radius 1 is 0.897 bits per heavy atom. The minimum atomic E-state index is -3.73. The zero-order valence-corrected chi connectivity index (χ0v) is 17.7. The van der Waals surface area contributed by atoms with Gasteiger partial charge in [-0.25, -0.2) is 8.78 Å². The molecule has 8 heteroatoms. The number of rotatable bonds is 7. The van der Waals surface area contributed by atoms with Gasteiger partial charge in [0.25, 0.3) is 0 Å². The van der Waals surface area contributed by atoms with Gasteiger partial charge in [-0.2, -0.15) is 8.78 Å². The van der Waals surface area contributed by atoms with Gasteiger partial charge in [-0.3, -0.25) is 4.39 Å². The zero-order chi connectivity index (χ0) is 21.0. The molecule has 1 aliphatic heterocycles. The van der Waals surface area contributed by atoms with Crippen LogP contribution in [0, 0.1) is 23.5 Å². The third-order valence-electron chi connectivity index (χ3n) is 6.03. The van der Waals surface area contributed by atoms with Gasteiger partial charge < -0.3 is 9.47 Å². The summed E-state index contributed by atoms with van der Waals surface area (Å²) in [5.41, 5.74) is -0.798. The monoisotopic (exact) mass is 484 g/mol. The Labute approximate surface area is 176 Å². The number of alkyl halides is 4. The molecule has 1 saturated carbocycles. The minimum absolute atomic E-state index is 0.0307. The molecule has 1 heterocycles. The summed E-state index contributed by atoms with van der Waals surface area (Å²) < 4.78 is 78.3. The van der Waals surface area contributed by atoms with Crippen LogP contribution in [-0.4, -0.2) is 26.2 Å². The van der Waals surface area contributed by atoms with Gasteiger partial charge in [0.2, 0.25) is 0 Å². The third kappa shape index (κ3) is 6.14. The summed E-state index contributed by atoms with van der Waals surface area (Å²) in [6.07, 6.45) is 5.26. The topological polar surface area (TPSA) is 18.5 Å². The Morgan fingerprint density at radius 2 is 1.48 bits per heavy atom. The van der Waals surface area contributed by atoms with Crippen molar-refractivity contribution in [1.29, 1.82) is 0 Å². The van der Waals surface area contributed by atoms with Gasteiger partial charge in [-0.1, -0.05) is 0 Å². The van der Waals surface area contributed by atoms with Gasteiger partial charge in [0.15, 0.2) is 6.29 Å². The van der Waals surface area contributed by atoms with Gasteiger partial charge in [0, 0.05) is 5.92 Å². The van der Waals surface area contributed by atoms with Crippen molar-refractivity contribution in [2.75, 3.05) is 19.9 Å².